The summed E-state index contributed by atoms with van der Waals surface area (Å²) in [6.45, 7) is 0.886. The van der Waals surface area contributed by atoms with Gasteiger partial charge in [-0.3, -0.25) is 10.1 Å². The molecule has 35 heavy (non-hydrogen) atoms. The van der Waals surface area contributed by atoms with Crippen LogP contribution in [0.4, 0.5) is 4.39 Å². The van der Waals surface area contributed by atoms with Crippen LogP contribution >= 0.6 is 0 Å². The SMILES string of the molecule is C[C@H]1COc2c(C3(NC(O)C(O)C(O)C(O)C(O)CO)CC3)c(F)cc3c(=O)c(C(=O)O)cn1c23. The number of ether oxygens (including phenoxy) is 1. The Morgan fingerprint density at radius 2 is 1.89 bits per heavy atom. The maximum absolute atomic E-state index is 15.4. The number of carbonyl (C=O) groups is 1. The Kier molecular flexibility index (Phi) is 6.61. The highest BCUT2D eigenvalue weighted by atomic mass is 19.1. The number of benzene rings is 1. The Balaban J connectivity index is 1.75. The molecule has 6 atom stereocenters. The molecular formula is C22H27FN2O10. The third-order valence-corrected chi connectivity index (χ3v) is 6.65. The first kappa shape index (κ1) is 25.4. The smallest absolute Gasteiger partial charge is 0.341 e. The molecule has 1 aromatic heterocycles. The highest BCUT2D eigenvalue weighted by molar-refractivity contribution is 5.95. The zero-order valence-electron chi connectivity index (χ0n) is 18.6. The summed E-state index contributed by atoms with van der Waals surface area (Å²) in [5.74, 6) is -2.35. The van der Waals surface area contributed by atoms with Gasteiger partial charge in [0.15, 0.2) is 5.75 Å². The highest BCUT2D eigenvalue weighted by Crippen LogP contribution is 2.53. The van der Waals surface area contributed by atoms with Gasteiger partial charge in [-0.1, -0.05) is 0 Å². The third kappa shape index (κ3) is 4.18. The van der Waals surface area contributed by atoms with E-state index in [1.54, 1.807) is 6.92 Å². The van der Waals surface area contributed by atoms with Crippen molar-refractivity contribution in [2.24, 2.45) is 0 Å². The standard InChI is InChI=1S/C22H27FN2O10/c1-8-7-35-19-13(11(23)4-9-14(19)25(8)5-10(15(9)28)21(33)34)22(2-3-22)24-20(32)18(31)17(30)16(29)12(27)6-26/h4-5,8,12,16-18,20,24,26-27,29-32H,2-3,6-7H2,1H3,(H,33,34)/t8-,12?,16?,17?,18?,20?/m0/s1. The molecule has 0 saturated heterocycles. The number of carboxylic acid groups (broad SMARTS) is 1. The van der Waals surface area contributed by atoms with E-state index < -0.39 is 65.6 Å². The summed E-state index contributed by atoms with van der Waals surface area (Å²) < 4.78 is 22.8. The maximum atomic E-state index is 15.4. The summed E-state index contributed by atoms with van der Waals surface area (Å²) >= 11 is 0. The number of rotatable bonds is 9. The van der Waals surface area contributed by atoms with Crippen LogP contribution in [0.25, 0.3) is 10.9 Å². The van der Waals surface area contributed by atoms with Crippen molar-refractivity contribution >= 4 is 16.9 Å². The van der Waals surface area contributed by atoms with E-state index in [4.69, 9.17) is 9.84 Å². The Morgan fingerprint density at radius 1 is 1.23 bits per heavy atom. The monoisotopic (exact) mass is 498 g/mol. The van der Waals surface area contributed by atoms with Gasteiger partial charge in [-0.05, 0) is 25.8 Å². The van der Waals surface area contributed by atoms with Crippen LogP contribution in [0.5, 0.6) is 5.75 Å². The number of hydrogen-bond acceptors (Lipinski definition) is 10. The number of pyridine rings is 1. The number of hydrogen-bond donors (Lipinski definition) is 8. The molecule has 0 bridgehead atoms. The predicted octanol–water partition coefficient (Wildman–Crippen LogP) is -1.87. The fourth-order valence-electron chi connectivity index (χ4n) is 4.51. The van der Waals surface area contributed by atoms with Gasteiger partial charge in [0.1, 0.15) is 48.6 Å². The number of nitrogens with zero attached hydrogens (tertiary/aromatic N) is 1. The van der Waals surface area contributed by atoms with Gasteiger partial charge in [0.05, 0.1) is 34.7 Å². The second kappa shape index (κ2) is 9.09. The summed E-state index contributed by atoms with van der Waals surface area (Å²) in [6.07, 6.45) is -7.97. The number of nitrogens with one attached hydrogen (secondary N) is 1. The van der Waals surface area contributed by atoms with E-state index in [9.17, 15) is 40.2 Å². The molecule has 1 aromatic carbocycles. The van der Waals surface area contributed by atoms with Crippen LogP contribution in [0.3, 0.4) is 0 Å². The highest BCUT2D eigenvalue weighted by Gasteiger charge is 2.52. The maximum Gasteiger partial charge on any atom is 0.341 e. The molecule has 0 radical (unpaired) electrons. The number of aromatic carboxylic acids is 1. The fraction of sp³-hybridized carbons (Fsp3) is 0.545. The molecule has 0 amide bonds. The lowest BCUT2D eigenvalue weighted by molar-refractivity contribution is -0.147. The van der Waals surface area contributed by atoms with Crippen LogP contribution < -0.4 is 15.5 Å². The first-order chi connectivity index (χ1) is 16.4. The summed E-state index contributed by atoms with van der Waals surface area (Å²) in [4.78, 5) is 24.3. The van der Waals surface area contributed by atoms with E-state index >= 15 is 4.39 Å². The van der Waals surface area contributed by atoms with Gasteiger partial charge in [0, 0.05) is 6.20 Å². The Morgan fingerprint density at radius 3 is 2.46 bits per heavy atom. The van der Waals surface area contributed by atoms with Crippen molar-refractivity contribution < 1.29 is 49.7 Å². The van der Waals surface area contributed by atoms with E-state index in [0.717, 1.165) is 6.07 Å². The second-order valence-corrected chi connectivity index (χ2v) is 9.10. The molecule has 1 saturated carbocycles. The van der Waals surface area contributed by atoms with Gasteiger partial charge in [0.25, 0.3) is 0 Å². The van der Waals surface area contributed by atoms with E-state index in [-0.39, 0.29) is 47.7 Å². The molecule has 4 rings (SSSR count). The molecule has 13 heteroatoms. The Labute approximate surface area is 197 Å². The lowest BCUT2D eigenvalue weighted by atomic mass is 9.96. The number of aromatic nitrogens is 1. The number of aliphatic hydroxyl groups excluding tert-OH is 6. The molecule has 192 valence electrons. The molecular weight excluding hydrogens is 471 g/mol. The molecule has 2 heterocycles. The molecule has 2 aliphatic rings. The minimum absolute atomic E-state index is 0.00452. The van der Waals surface area contributed by atoms with Crippen LogP contribution in [0, 0.1) is 5.82 Å². The van der Waals surface area contributed by atoms with Crippen molar-refractivity contribution in [2.75, 3.05) is 13.2 Å². The van der Waals surface area contributed by atoms with E-state index in [2.05, 4.69) is 5.32 Å². The van der Waals surface area contributed by atoms with Crippen molar-refractivity contribution in [3.63, 3.8) is 0 Å². The van der Waals surface area contributed by atoms with Gasteiger partial charge in [0.2, 0.25) is 5.43 Å². The van der Waals surface area contributed by atoms with Gasteiger partial charge in [-0.2, -0.15) is 0 Å². The number of halogens is 1. The van der Waals surface area contributed by atoms with Crippen molar-refractivity contribution in [1.82, 2.24) is 9.88 Å². The lowest BCUT2D eigenvalue weighted by Crippen LogP contribution is -2.55. The zero-order valence-corrected chi connectivity index (χ0v) is 18.6. The molecule has 12 nitrogen and oxygen atoms in total. The fourth-order valence-corrected chi connectivity index (χ4v) is 4.51. The molecule has 2 aromatic rings. The Bertz CT molecular complexity index is 1210. The number of aliphatic hydroxyl groups is 6. The first-order valence-corrected chi connectivity index (χ1v) is 11.0. The quantitative estimate of drug-likeness (QED) is 0.180. The molecule has 5 unspecified atom stereocenters. The lowest BCUT2D eigenvalue weighted by Gasteiger charge is -2.34. The summed E-state index contributed by atoms with van der Waals surface area (Å²) in [7, 11) is 0. The van der Waals surface area contributed by atoms with Crippen LogP contribution in [0.15, 0.2) is 17.1 Å². The summed E-state index contributed by atoms with van der Waals surface area (Å²) in [6, 6.07) is 0.550. The van der Waals surface area contributed by atoms with Gasteiger partial charge >= 0.3 is 5.97 Å². The largest absolute Gasteiger partial charge is 0.489 e. The van der Waals surface area contributed by atoms with Crippen LogP contribution in [-0.4, -0.2) is 90.1 Å². The molecule has 0 spiro atoms. The number of carboxylic acids is 1. The summed E-state index contributed by atoms with van der Waals surface area (Å²) in [5.41, 5.74) is -2.49. The van der Waals surface area contributed by atoms with E-state index in [0.29, 0.717) is 0 Å². The van der Waals surface area contributed by atoms with E-state index in [1.165, 1.54) is 10.8 Å². The topological polar surface area (TPSA) is 202 Å². The zero-order chi connectivity index (χ0) is 25.8. The van der Waals surface area contributed by atoms with E-state index in [1.807, 2.05) is 0 Å². The van der Waals surface area contributed by atoms with Gasteiger partial charge in [-0.15, -0.1) is 0 Å². The normalized spacial score (nSPS) is 22.7. The van der Waals surface area contributed by atoms with Gasteiger partial charge < -0.3 is 45.0 Å². The van der Waals surface area contributed by atoms with Gasteiger partial charge in [-0.25, -0.2) is 9.18 Å². The minimum atomic E-state index is -2.05. The second-order valence-electron chi connectivity index (χ2n) is 9.10. The van der Waals surface area contributed by atoms with Crippen LogP contribution in [0.1, 0.15) is 41.7 Å². The minimum Gasteiger partial charge on any atom is -0.489 e. The summed E-state index contributed by atoms with van der Waals surface area (Å²) in [5, 5.41) is 70.9. The molecule has 1 aliphatic heterocycles. The average Bonchev–Trinajstić information content (AvgIpc) is 3.59. The first-order valence-electron chi connectivity index (χ1n) is 11.0. The van der Waals surface area contributed by atoms with Crippen molar-refractivity contribution in [2.45, 2.75) is 62.0 Å². The molecule has 1 fully saturated rings. The van der Waals surface area contributed by atoms with Crippen molar-refractivity contribution in [3.05, 3.63) is 39.4 Å². The van der Waals surface area contributed by atoms with Crippen LogP contribution in [-0.2, 0) is 5.54 Å². The van der Waals surface area contributed by atoms with Crippen molar-refractivity contribution in [1.29, 1.82) is 0 Å². The predicted molar refractivity (Wildman–Crippen MR) is 116 cm³/mol. The van der Waals surface area contributed by atoms with Crippen LogP contribution in [0.2, 0.25) is 0 Å². The molecule has 1 aliphatic carbocycles. The third-order valence-electron chi connectivity index (χ3n) is 6.65. The Hall–Kier alpha value is -2.65. The average molecular weight is 498 g/mol. The van der Waals surface area contributed by atoms with Crippen molar-refractivity contribution in [3.8, 4) is 5.75 Å². The molecule has 8 N–H and O–H groups in total.